The largest absolute Gasteiger partial charge is 0.465 e. The van der Waals surface area contributed by atoms with E-state index in [-0.39, 0.29) is 5.97 Å². The lowest BCUT2D eigenvalue weighted by atomic mass is 9.92. The van der Waals surface area contributed by atoms with Gasteiger partial charge in [-0.3, -0.25) is 0 Å². The minimum atomic E-state index is -0.343. The van der Waals surface area contributed by atoms with E-state index in [1.165, 1.54) is 7.11 Å². The van der Waals surface area contributed by atoms with Crippen LogP contribution in [0.3, 0.4) is 0 Å². The number of methoxy groups -OCH3 is 1. The Labute approximate surface area is 143 Å². The highest BCUT2D eigenvalue weighted by atomic mass is 79.9. The molecule has 3 aromatic rings. The van der Waals surface area contributed by atoms with Crippen molar-refractivity contribution < 1.29 is 9.53 Å². The number of halogens is 1. The SMILES string of the molecule is COC(=O)c1cc(Br)ccc1-c1ccccc1-c1ccccc1. The van der Waals surface area contributed by atoms with Gasteiger partial charge in [0.15, 0.2) is 0 Å². The Morgan fingerprint density at radius 2 is 1.48 bits per heavy atom. The number of carbonyl (C=O) groups excluding carboxylic acids is 1. The van der Waals surface area contributed by atoms with Crippen molar-refractivity contribution in [3.63, 3.8) is 0 Å². The van der Waals surface area contributed by atoms with E-state index in [0.717, 1.165) is 26.7 Å². The first kappa shape index (κ1) is 15.5. The summed E-state index contributed by atoms with van der Waals surface area (Å²) in [6, 6.07) is 23.9. The highest BCUT2D eigenvalue weighted by molar-refractivity contribution is 9.10. The van der Waals surface area contributed by atoms with Gasteiger partial charge in [0.25, 0.3) is 0 Å². The zero-order valence-electron chi connectivity index (χ0n) is 12.6. The Kier molecular flexibility index (Phi) is 4.58. The molecule has 0 fully saturated rings. The van der Waals surface area contributed by atoms with E-state index in [2.05, 4.69) is 34.1 Å². The van der Waals surface area contributed by atoms with Crippen LogP contribution in [0.1, 0.15) is 10.4 Å². The number of rotatable bonds is 3. The molecular formula is C20H15BrO2. The summed E-state index contributed by atoms with van der Waals surface area (Å²) in [6.07, 6.45) is 0. The van der Waals surface area contributed by atoms with Crippen molar-refractivity contribution in [1.82, 2.24) is 0 Å². The molecule has 0 aliphatic heterocycles. The van der Waals surface area contributed by atoms with Gasteiger partial charge >= 0.3 is 5.97 Å². The van der Waals surface area contributed by atoms with E-state index in [1.54, 1.807) is 6.07 Å². The van der Waals surface area contributed by atoms with Crippen LogP contribution in [0, 0.1) is 0 Å². The smallest absolute Gasteiger partial charge is 0.338 e. The first-order chi connectivity index (χ1) is 11.2. The van der Waals surface area contributed by atoms with Crippen molar-refractivity contribution in [3.8, 4) is 22.3 Å². The van der Waals surface area contributed by atoms with E-state index in [0.29, 0.717) is 5.56 Å². The minimum absolute atomic E-state index is 0.343. The number of esters is 1. The fraction of sp³-hybridized carbons (Fsp3) is 0.0500. The molecule has 23 heavy (non-hydrogen) atoms. The van der Waals surface area contributed by atoms with Crippen molar-refractivity contribution in [2.24, 2.45) is 0 Å². The quantitative estimate of drug-likeness (QED) is 0.566. The molecule has 114 valence electrons. The zero-order chi connectivity index (χ0) is 16.2. The Morgan fingerprint density at radius 1 is 0.826 bits per heavy atom. The molecular weight excluding hydrogens is 352 g/mol. The Bertz CT molecular complexity index is 841. The average molecular weight is 367 g/mol. The summed E-state index contributed by atoms with van der Waals surface area (Å²) >= 11 is 3.42. The summed E-state index contributed by atoms with van der Waals surface area (Å²) in [4.78, 5) is 12.2. The number of carbonyl (C=O) groups is 1. The van der Waals surface area contributed by atoms with Gasteiger partial charge in [0, 0.05) is 4.47 Å². The second-order valence-electron chi connectivity index (χ2n) is 5.09. The molecule has 0 spiro atoms. The Morgan fingerprint density at radius 3 is 2.17 bits per heavy atom. The molecule has 0 aliphatic rings. The van der Waals surface area contributed by atoms with Crippen molar-refractivity contribution >= 4 is 21.9 Å². The fourth-order valence-corrected chi connectivity index (χ4v) is 2.98. The second kappa shape index (κ2) is 6.80. The van der Waals surface area contributed by atoms with Gasteiger partial charge in [-0.05, 0) is 34.4 Å². The maximum atomic E-state index is 12.2. The van der Waals surface area contributed by atoms with E-state index in [1.807, 2.05) is 48.5 Å². The summed E-state index contributed by atoms with van der Waals surface area (Å²) in [6.45, 7) is 0. The van der Waals surface area contributed by atoms with Crippen LogP contribution < -0.4 is 0 Å². The van der Waals surface area contributed by atoms with E-state index in [9.17, 15) is 4.79 Å². The third kappa shape index (κ3) is 3.20. The van der Waals surface area contributed by atoms with Gasteiger partial charge in [-0.15, -0.1) is 0 Å². The first-order valence-corrected chi connectivity index (χ1v) is 8.02. The van der Waals surface area contributed by atoms with Crippen LogP contribution in [0.15, 0.2) is 77.3 Å². The monoisotopic (exact) mass is 366 g/mol. The molecule has 3 aromatic carbocycles. The van der Waals surface area contributed by atoms with E-state index >= 15 is 0 Å². The summed E-state index contributed by atoms with van der Waals surface area (Å²) in [7, 11) is 1.40. The van der Waals surface area contributed by atoms with Gasteiger partial charge in [0.05, 0.1) is 12.7 Å². The highest BCUT2D eigenvalue weighted by Crippen LogP contribution is 2.35. The minimum Gasteiger partial charge on any atom is -0.465 e. The van der Waals surface area contributed by atoms with Crippen LogP contribution in [0.5, 0.6) is 0 Å². The lowest BCUT2D eigenvalue weighted by Gasteiger charge is -2.13. The van der Waals surface area contributed by atoms with E-state index < -0.39 is 0 Å². The highest BCUT2D eigenvalue weighted by Gasteiger charge is 2.16. The molecule has 0 atom stereocenters. The van der Waals surface area contributed by atoms with Crippen molar-refractivity contribution in [2.45, 2.75) is 0 Å². The molecule has 0 saturated heterocycles. The number of ether oxygens (including phenoxy) is 1. The van der Waals surface area contributed by atoms with Gasteiger partial charge in [-0.2, -0.15) is 0 Å². The summed E-state index contributed by atoms with van der Waals surface area (Å²) < 4.78 is 5.79. The third-order valence-corrected chi connectivity index (χ3v) is 4.18. The molecule has 3 rings (SSSR count). The molecule has 0 bridgehead atoms. The van der Waals surface area contributed by atoms with Gasteiger partial charge in [-0.1, -0.05) is 76.6 Å². The van der Waals surface area contributed by atoms with E-state index in [4.69, 9.17) is 4.74 Å². The summed E-state index contributed by atoms with van der Waals surface area (Å²) in [5, 5.41) is 0. The lowest BCUT2D eigenvalue weighted by molar-refractivity contribution is 0.0601. The lowest BCUT2D eigenvalue weighted by Crippen LogP contribution is -2.04. The van der Waals surface area contributed by atoms with Crippen LogP contribution in [0.25, 0.3) is 22.3 Å². The standard InChI is InChI=1S/C20H15BrO2/c1-23-20(22)19-13-15(21)11-12-18(19)17-10-6-5-9-16(17)14-7-3-2-4-8-14/h2-13H,1H3. The molecule has 0 radical (unpaired) electrons. The molecule has 3 heteroatoms. The number of hydrogen-bond acceptors (Lipinski definition) is 2. The molecule has 0 unspecified atom stereocenters. The average Bonchev–Trinajstić information content (AvgIpc) is 2.62. The fourth-order valence-electron chi connectivity index (χ4n) is 2.62. The molecule has 0 aliphatic carbocycles. The first-order valence-electron chi connectivity index (χ1n) is 7.23. The van der Waals surface area contributed by atoms with Gasteiger partial charge in [0.2, 0.25) is 0 Å². The second-order valence-corrected chi connectivity index (χ2v) is 6.01. The summed E-state index contributed by atoms with van der Waals surface area (Å²) in [5.74, 6) is -0.343. The maximum Gasteiger partial charge on any atom is 0.338 e. The van der Waals surface area contributed by atoms with Crippen LogP contribution in [-0.4, -0.2) is 13.1 Å². The van der Waals surface area contributed by atoms with Gasteiger partial charge < -0.3 is 4.74 Å². The van der Waals surface area contributed by atoms with Gasteiger partial charge in [0.1, 0.15) is 0 Å². The normalized spacial score (nSPS) is 10.3. The molecule has 0 N–H and O–H groups in total. The maximum absolute atomic E-state index is 12.2. The van der Waals surface area contributed by atoms with Crippen LogP contribution in [-0.2, 0) is 4.74 Å². The number of hydrogen-bond donors (Lipinski definition) is 0. The molecule has 0 heterocycles. The zero-order valence-corrected chi connectivity index (χ0v) is 14.2. The van der Waals surface area contributed by atoms with Crippen molar-refractivity contribution in [3.05, 3.63) is 82.8 Å². The molecule has 0 saturated carbocycles. The molecule has 0 amide bonds. The third-order valence-electron chi connectivity index (χ3n) is 3.69. The topological polar surface area (TPSA) is 26.3 Å². The van der Waals surface area contributed by atoms with Crippen LogP contribution >= 0.6 is 15.9 Å². The van der Waals surface area contributed by atoms with Gasteiger partial charge in [-0.25, -0.2) is 4.79 Å². The Hall–Kier alpha value is -2.39. The summed E-state index contributed by atoms with van der Waals surface area (Å²) in [5.41, 5.74) is 4.61. The van der Waals surface area contributed by atoms with Crippen LogP contribution in [0.2, 0.25) is 0 Å². The predicted molar refractivity (Wildman–Crippen MR) is 96.4 cm³/mol. The van der Waals surface area contributed by atoms with Crippen molar-refractivity contribution in [2.75, 3.05) is 7.11 Å². The molecule has 0 aromatic heterocycles. The Balaban J connectivity index is 2.23. The van der Waals surface area contributed by atoms with Crippen LogP contribution in [0.4, 0.5) is 0 Å². The predicted octanol–water partition coefficient (Wildman–Crippen LogP) is 5.57. The number of benzene rings is 3. The van der Waals surface area contributed by atoms with Crippen molar-refractivity contribution in [1.29, 1.82) is 0 Å². The molecule has 2 nitrogen and oxygen atoms in total.